The SMILES string of the molecule is O=C(Nc1cc(-c2cnc3c(c2)C=NC3)cc2c1C=NC2)c1cccc(CN2CCC(F)(F)CC2)n1.O=CO. The lowest BCUT2D eigenvalue weighted by Gasteiger charge is -2.31. The third kappa shape index (κ3) is 6.04. The van der Waals surface area contributed by atoms with Crippen LogP contribution in [0, 0.1) is 0 Å². The van der Waals surface area contributed by atoms with Gasteiger partial charge in [0.2, 0.25) is 0 Å². The lowest BCUT2D eigenvalue weighted by Crippen LogP contribution is -2.39. The third-order valence-electron chi connectivity index (χ3n) is 6.82. The van der Waals surface area contributed by atoms with Crippen molar-refractivity contribution in [3.63, 3.8) is 0 Å². The number of carbonyl (C=O) groups is 2. The van der Waals surface area contributed by atoms with Crippen LogP contribution in [0.2, 0.25) is 0 Å². The van der Waals surface area contributed by atoms with Crippen molar-refractivity contribution < 1.29 is 23.5 Å². The molecule has 5 heterocycles. The minimum Gasteiger partial charge on any atom is -0.483 e. The van der Waals surface area contributed by atoms with E-state index >= 15 is 0 Å². The highest BCUT2D eigenvalue weighted by molar-refractivity contribution is 6.07. The highest BCUT2D eigenvalue weighted by Gasteiger charge is 2.34. The number of halogens is 2. The minimum absolute atomic E-state index is 0.150. The number of nitrogens with zero attached hydrogens (tertiary/aromatic N) is 5. The Morgan fingerprint density at radius 3 is 2.64 bits per heavy atom. The second-order valence-electron chi connectivity index (χ2n) is 9.50. The van der Waals surface area contributed by atoms with Gasteiger partial charge in [0, 0.05) is 67.8 Å². The molecule has 1 saturated heterocycles. The maximum Gasteiger partial charge on any atom is 0.290 e. The van der Waals surface area contributed by atoms with Crippen LogP contribution in [0.4, 0.5) is 14.5 Å². The Hall–Kier alpha value is -4.38. The summed E-state index contributed by atoms with van der Waals surface area (Å²) in [7, 11) is 0. The van der Waals surface area contributed by atoms with Crippen molar-refractivity contribution in [2.24, 2.45) is 9.98 Å². The molecule has 3 aliphatic heterocycles. The smallest absolute Gasteiger partial charge is 0.290 e. The highest BCUT2D eigenvalue weighted by atomic mass is 19.3. The van der Waals surface area contributed by atoms with E-state index in [9.17, 15) is 13.6 Å². The zero-order chi connectivity index (χ0) is 27.4. The van der Waals surface area contributed by atoms with Crippen LogP contribution in [0.1, 0.15) is 51.4 Å². The number of rotatable bonds is 5. The second kappa shape index (κ2) is 11.2. The molecule has 6 rings (SSSR count). The van der Waals surface area contributed by atoms with Crippen molar-refractivity contribution in [1.29, 1.82) is 0 Å². The number of piperidine rings is 1. The van der Waals surface area contributed by atoms with Gasteiger partial charge in [-0.05, 0) is 41.5 Å². The molecule has 0 unspecified atom stereocenters. The molecule has 0 aliphatic carbocycles. The van der Waals surface area contributed by atoms with Gasteiger partial charge < -0.3 is 10.4 Å². The number of hydrogen-bond donors (Lipinski definition) is 2. The predicted octanol–water partition coefficient (Wildman–Crippen LogP) is 4.19. The minimum atomic E-state index is -2.59. The van der Waals surface area contributed by atoms with E-state index in [0.29, 0.717) is 44.1 Å². The molecule has 0 atom stereocenters. The maximum absolute atomic E-state index is 13.5. The van der Waals surface area contributed by atoms with Crippen LogP contribution in [0.5, 0.6) is 0 Å². The van der Waals surface area contributed by atoms with Crippen LogP contribution >= 0.6 is 0 Å². The summed E-state index contributed by atoms with van der Waals surface area (Å²) in [6.07, 6.45) is 5.14. The fourth-order valence-corrected chi connectivity index (χ4v) is 4.79. The Labute approximate surface area is 223 Å². The van der Waals surface area contributed by atoms with Gasteiger partial charge in [-0.25, -0.2) is 13.8 Å². The number of amides is 1. The number of benzene rings is 1. The Morgan fingerprint density at radius 1 is 1.08 bits per heavy atom. The van der Waals surface area contributed by atoms with Gasteiger partial charge in [0.15, 0.2) is 0 Å². The zero-order valence-electron chi connectivity index (χ0n) is 21.0. The standard InChI is InChI=1S/C27H24F2N6O.CH2O2/c28-27(29)4-6-35(7-5-27)16-21-2-1-3-23(33-21)26(36)34-24-10-17(8-19-11-30-14-22(19)24)18-9-20-12-31-15-25(20)32-13-18;2-1-3/h1-3,8-10,12-14H,4-7,11,15-16H2,(H,34,36);1H,(H,2,3). The molecule has 1 amide bonds. The van der Waals surface area contributed by atoms with Crippen LogP contribution in [-0.4, -0.2) is 63.8 Å². The van der Waals surface area contributed by atoms with Gasteiger partial charge in [-0.3, -0.25) is 29.5 Å². The molecule has 200 valence electrons. The number of aromatic nitrogens is 2. The number of fused-ring (bicyclic) bond motifs is 2. The van der Waals surface area contributed by atoms with E-state index in [1.165, 1.54) is 0 Å². The molecule has 2 aromatic heterocycles. The third-order valence-corrected chi connectivity index (χ3v) is 6.82. The first kappa shape index (κ1) is 26.2. The normalized spacial score (nSPS) is 16.7. The van der Waals surface area contributed by atoms with Crippen molar-refractivity contribution in [3.8, 4) is 11.1 Å². The van der Waals surface area contributed by atoms with E-state index in [-0.39, 0.29) is 30.9 Å². The van der Waals surface area contributed by atoms with Gasteiger partial charge in [0.25, 0.3) is 18.3 Å². The Morgan fingerprint density at radius 2 is 1.85 bits per heavy atom. The average molecular weight is 533 g/mol. The van der Waals surface area contributed by atoms with Crippen LogP contribution in [-0.2, 0) is 24.4 Å². The lowest BCUT2D eigenvalue weighted by atomic mass is 9.98. The van der Waals surface area contributed by atoms with E-state index in [2.05, 4.69) is 37.4 Å². The summed E-state index contributed by atoms with van der Waals surface area (Å²) in [4.78, 5) is 41.2. The van der Waals surface area contributed by atoms with Crippen LogP contribution in [0.25, 0.3) is 11.1 Å². The summed E-state index contributed by atoms with van der Waals surface area (Å²) in [6, 6.07) is 11.3. The highest BCUT2D eigenvalue weighted by Crippen LogP contribution is 2.32. The summed E-state index contributed by atoms with van der Waals surface area (Å²) in [5.41, 5.74) is 7.38. The molecule has 1 aromatic carbocycles. The number of alkyl halides is 2. The summed E-state index contributed by atoms with van der Waals surface area (Å²) < 4.78 is 26.9. The molecule has 2 N–H and O–H groups in total. The number of hydrogen-bond acceptors (Lipinski definition) is 7. The van der Waals surface area contributed by atoms with Gasteiger partial charge >= 0.3 is 0 Å². The number of anilines is 1. The molecule has 3 aliphatic rings. The number of aliphatic imine (C=N–C) groups is 2. The molecule has 3 aromatic rings. The fourth-order valence-electron chi connectivity index (χ4n) is 4.79. The van der Waals surface area contributed by atoms with Crippen molar-refractivity contribution in [2.45, 2.75) is 38.4 Å². The number of nitrogens with one attached hydrogen (secondary N) is 1. The van der Waals surface area contributed by atoms with Crippen LogP contribution < -0.4 is 5.32 Å². The van der Waals surface area contributed by atoms with Crippen molar-refractivity contribution in [1.82, 2.24) is 14.9 Å². The van der Waals surface area contributed by atoms with Gasteiger partial charge in [-0.1, -0.05) is 6.07 Å². The molecule has 0 radical (unpaired) electrons. The zero-order valence-corrected chi connectivity index (χ0v) is 21.0. The lowest BCUT2D eigenvalue weighted by molar-refractivity contribution is -0.122. The van der Waals surface area contributed by atoms with Crippen molar-refractivity contribution in [3.05, 3.63) is 76.4 Å². The molecule has 0 spiro atoms. The molecule has 0 bridgehead atoms. The van der Waals surface area contributed by atoms with Crippen molar-refractivity contribution in [2.75, 3.05) is 18.4 Å². The predicted molar refractivity (Wildman–Crippen MR) is 143 cm³/mol. The van der Waals surface area contributed by atoms with Gasteiger partial charge in [0.1, 0.15) is 5.69 Å². The number of pyridine rings is 2. The summed E-state index contributed by atoms with van der Waals surface area (Å²) in [6.45, 7) is 1.96. The van der Waals surface area contributed by atoms with E-state index in [4.69, 9.17) is 9.90 Å². The topological polar surface area (TPSA) is 120 Å². The Bertz CT molecular complexity index is 1460. The molecular formula is C28H26F2N6O3. The summed E-state index contributed by atoms with van der Waals surface area (Å²) in [5, 5.41) is 9.90. The Balaban J connectivity index is 0.000000983. The average Bonchev–Trinajstić information content (AvgIpc) is 3.60. The van der Waals surface area contributed by atoms with Crippen LogP contribution in [0.15, 0.2) is 52.6 Å². The molecule has 0 saturated carbocycles. The number of carboxylic acid groups (broad SMARTS) is 1. The second-order valence-corrected chi connectivity index (χ2v) is 9.50. The molecule has 9 nitrogen and oxygen atoms in total. The largest absolute Gasteiger partial charge is 0.483 e. The number of carbonyl (C=O) groups excluding carboxylic acids is 1. The van der Waals surface area contributed by atoms with E-state index in [0.717, 1.165) is 33.5 Å². The van der Waals surface area contributed by atoms with Gasteiger partial charge in [0.05, 0.1) is 30.2 Å². The monoisotopic (exact) mass is 532 g/mol. The van der Waals surface area contributed by atoms with E-state index in [1.54, 1.807) is 18.3 Å². The Kier molecular flexibility index (Phi) is 7.51. The molecule has 1 fully saturated rings. The fraction of sp³-hybridized carbons (Fsp3) is 0.286. The molecular weight excluding hydrogens is 506 g/mol. The first-order valence-corrected chi connectivity index (χ1v) is 12.5. The molecule has 39 heavy (non-hydrogen) atoms. The van der Waals surface area contributed by atoms with Gasteiger partial charge in [-0.15, -0.1) is 0 Å². The number of likely N-dealkylation sites (tertiary alicyclic amines) is 1. The van der Waals surface area contributed by atoms with E-state index in [1.807, 2.05) is 29.4 Å². The first-order chi connectivity index (χ1) is 18.8. The molecule has 11 heteroatoms. The quantitative estimate of drug-likeness (QED) is 0.476. The van der Waals surface area contributed by atoms with Crippen LogP contribution in [0.3, 0.4) is 0 Å². The summed E-state index contributed by atoms with van der Waals surface area (Å²) in [5.74, 6) is -2.92. The first-order valence-electron chi connectivity index (χ1n) is 12.5. The van der Waals surface area contributed by atoms with Crippen molar-refractivity contribution >= 4 is 30.5 Å². The van der Waals surface area contributed by atoms with Gasteiger partial charge in [-0.2, -0.15) is 0 Å². The maximum atomic E-state index is 13.5. The van der Waals surface area contributed by atoms with E-state index < -0.39 is 5.92 Å². The summed E-state index contributed by atoms with van der Waals surface area (Å²) >= 11 is 0.